The molecule has 1 saturated heterocycles. The van der Waals surface area contributed by atoms with Crippen LogP contribution in [0.4, 0.5) is 4.79 Å². The Morgan fingerprint density at radius 3 is 2.77 bits per heavy atom. The van der Waals surface area contributed by atoms with Crippen LogP contribution in [-0.2, 0) is 9.47 Å². The van der Waals surface area contributed by atoms with Gasteiger partial charge in [-0.15, -0.1) is 0 Å². The zero-order valence-corrected chi connectivity index (χ0v) is 17.7. The Morgan fingerprint density at radius 1 is 1.23 bits per heavy atom. The van der Waals surface area contributed by atoms with Gasteiger partial charge in [0.2, 0.25) is 0 Å². The van der Waals surface area contributed by atoms with Gasteiger partial charge in [0.25, 0.3) is 0 Å². The molecule has 3 heterocycles. The highest BCUT2D eigenvalue weighted by atomic mass is 16.6. The molecule has 3 aromatic rings. The summed E-state index contributed by atoms with van der Waals surface area (Å²) in [6, 6.07) is 6.00. The number of imidazole rings is 1. The highest BCUT2D eigenvalue weighted by Crippen LogP contribution is 2.37. The van der Waals surface area contributed by atoms with Crippen molar-refractivity contribution >= 4 is 17.1 Å². The molecular formula is C23H28N4O4. The van der Waals surface area contributed by atoms with E-state index in [9.17, 15) is 4.79 Å². The van der Waals surface area contributed by atoms with Gasteiger partial charge in [0.15, 0.2) is 0 Å². The summed E-state index contributed by atoms with van der Waals surface area (Å²) < 4.78 is 40.1. The summed E-state index contributed by atoms with van der Waals surface area (Å²) in [5.74, 6) is 1.54. The number of aromatic nitrogens is 3. The molecule has 2 fully saturated rings. The zero-order chi connectivity index (χ0) is 24.0. The zero-order valence-electron chi connectivity index (χ0n) is 20.7. The Kier molecular flexibility index (Phi) is 4.33. The van der Waals surface area contributed by atoms with Crippen LogP contribution in [0.3, 0.4) is 0 Å². The largest absolute Gasteiger partial charge is 0.449 e. The fourth-order valence-corrected chi connectivity index (χ4v) is 4.94. The maximum Gasteiger partial charge on any atom is 0.407 e. The quantitative estimate of drug-likeness (QED) is 0.654. The third-order valence-electron chi connectivity index (χ3n) is 6.46. The third kappa shape index (κ3) is 3.59. The normalized spacial score (nSPS) is 26.1. The van der Waals surface area contributed by atoms with Gasteiger partial charge < -0.3 is 23.9 Å². The van der Waals surface area contributed by atoms with Crippen molar-refractivity contribution in [3.63, 3.8) is 0 Å². The summed E-state index contributed by atoms with van der Waals surface area (Å²) in [4.78, 5) is 16.9. The molecular weight excluding hydrogens is 396 g/mol. The second-order valence-corrected chi connectivity index (χ2v) is 8.41. The number of hydrogen-bond donors (Lipinski definition) is 1. The van der Waals surface area contributed by atoms with Crippen LogP contribution in [0.2, 0.25) is 0 Å². The van der Waals surface area contributed by atoms with Crippen LogP contribution in [0.25, 0.3) is 22.2 Å². The Hall–Kier alpha value is -2.87. The van der Waals surface area contributed by atoms with Crippen molar-refractivity contribution in [3.05, 3.63) is 35.5 Å². The van der Waals surface area contributed by atoms with Gasteiger partial charge in [0, 0.05) is 25.1 Å². The fraction of sp³-hybridized carbons (Fsp3) is 0.522. The summed E-state index contributed by atoms with van der Waals surface area (Å²) in [5, 5.41) is 6.97. The number of ether oxygens (including phenoxy) is 2. The fourth-order valence-electron chi connectivity index (χ4n) is 4.94. The predicted octanol–water partition coefficient (Wildman–Crippen LogP) is 4.61. The van der Waals surface area contributed by atoms with Gasteiger partial charge in [0.05, 0.1) is 39.6 Å². The molecule has 0 bridgehead atoms. The molecule has 0 radical (unpaired) electrons. The molecule has 1 aliphatic heterocycles. The Bertz CT molecular complexity index is 1190. The van der Waals surface area contributed by atoms with Gasteiger partial charge in [-0.2, -0.15) is 0 Å². The summed E-state index contributed by atoms with van der Waals surface area (Å²) >= 11 is 0. The minimum absolute atomic E-state index is 0.126. The SMILES string of the molecule is [2H]C([2H])([2H])OC1CCC(n2c([C@@H]3CCOC(=O)N3)nc3cc(-c4c(C)noc4C)ccc32)CC1. The Balaban J connectivity index is 1.52. The van der Waals surface area contributed by atoms with E-state index in [1.165, 1.54) is 0 Å². The summed E-state index contributed by atoms with van der Waals surface area (Å²) in [7, 11) is -2.38. The first kappa shape index (κ1) is 16.8. The maximum atomic E-state index is 12.0. The Labute approximate surface area is 185 Å². The molecule has 0 unspecified atom stereocenters. The molecule has 2 aliphatic rings. The number of hydrogen-bond acceptors (Lipinski definition) is 6. The molecule has 1 amide bonds. The first-order valence-corrected chi connectivity index (χ1v) is 10.8. The van der Waals surface area contributed by atoms with Crippen LogP contribution in [0.1, 0.15) is 65.6 Å². The van der Waals surface area contributed by atoms with E-state index < -0.39 is 13.1 Å². The summed E-state index contributed by atoms with van der Waals surface area (Å²) in [6.45, 7) is 4.14. The van der Waals surface area contributed by atoms with E-state index in [1.807, 2.05) is 26.0 Å². The monoisotopic (exact) mass is 427 g/mol. The molecule has 8 heteroatoms. The van der Waals surface area contributed by atoms with Crippen molar-refractivity contribution in [1.29, 1.82) is 0 Å². The number of fused-ring (bicyclic) bond motifs is 1. The summed E-state index contributed by atoms with van der Waals surface area (Å²) in [5.41, 5.74) is 4.56. The van der Waals surface area contributed by atoms with E-state index in [4.69, 9.17) is 23.1 Å². The number of carbonyl (C=O) groups excluding carboxylic acids is 1. The standard InChI is InChI=1S/C23H28N4O4/c1-13-21(14(2)31-26-13)15-4-9-20-19(12-15)24-22(18-10-11-30-23(28)25-18)27(20)16-5-7-17(29-3)8-6-16/h4,9,12,16-18H,5-8,10-11H2,1-3H3,(H,25,28)/t16?,17?,18-/m0/s1/i3D3. The van der Waals surface area contributed by atoms with E-state index >= 15 is 0 Å². The molecule has 0 spiro atoms. The number of amides is 1. The second kappa shape index (κ2) is 8.00. The van der Waals surface area contributed by atoms with E-state index in [-0.39, 0.29) is 18.2 Å². The number of carbonyl (C=O) groups is 1. The first-order valence-electron chi connectivity index (χ1n) is 12.3. The number of nitrogens with one attached hydrogen (secondary N) is 1. The molecule has 1 saturated carbocycles. The molecule has 5 rings (SSSR count). The van der Waals surface area contributed by atoms with Gasteiger partial charge in [-0.3, -0.25) is 0 Å². The predicted molar refractivity (Wildman–Crippen MR) is 115 cm³/mol. The number of nitrogens with zero attached hydrogens (tertiary/aromatic N) is 3. The highest BCUT2D eigenvalue weighted by Gasteiger charge is 2.31. The van der Waals surface area contributed by atoms with Crippen molar-refractivity contribution in [1.82, 2.24) is 20.0 Å². The molecule has 31 heavy (non-hydrogen) atoms. The number of cyclic esters (lactones) is 1. The lowest BCUT2D eigenvalue weighted by atomic mass is 9.92. The second-order valence-electron chi connectivity index (χ2n) is 8.41. The van der Waals surface area contributed by atoms with Gasteiger partial charge in [0.1, 0.15) is 11.6 Å². The molecule has 1 aromatic carbocycles. The average Bonchev–Trinajstić information content (AvgIpc) is 3.32. The number of benzene rings is 1. The van der Waals surface area contributed by atoms with Crippen molar-refractivity contribution in [2.24, 2.45) is 0 Å². The van der Waals surface area contributed by atoms with Crippen LogP contribution in [0.5, 0.6) is 0 Å². The van der Waals surface area contributed by atoms with Crippen LogP contribution in [-0.4, -0.2) is 40.5 Å². The van der Waals surface area contributed by atoms with E-state index in [0.717, 1.165) is 52.3 Å². The van der Waals surface area contributed by atoms with Crippen LogP contribution >= 0.6 is 0 Å². The van der Waals surface area contributed by atoms with E-state index in [1.54, 1.807) is 0 Å². The molecule has 1 atom stereocenters. The lowest BCUT2D eigenvalue weighted by molar-refractivity contribution is 0.0580. The number of rotatable bonds is 4. The smallest absolute Gasteiger partial charge is 0.407 e. The highest BCUT2D eigenvalue weighted by molar-refractivity contribution is 5.84. The van der Waals surface area contributed by atoms with Crippen molar-refractivity contribution < 1.29 is 22.9 Å². The maximum absolute atomic E-state index is 12.0. The minimum atomic E-state index is -2.38. The lowest BCUT2D eigenvalue weighted by Crippen LogP contribution is -2.37. The van der Waals surface area contributed by atoms with E-state index in [0.29, 0.717) is 25.9 Å². The topological polar surface area (TPSA) is 91.4 Å². The first-order chi connectivity index (χ1) is 16.2. The lowest BCUT2D eigenvalue weighted by Gasteiger charge is -2.32. The van der Waals surface area contributed by atoms with Crippen LogP contribution in [0.15, 0.2) is 22.7 Å². The number of methoxy groups -OCH3 is 1. The van der Waals surface area contributed by atoms with Gasteiger partial charge in [-0.25, -0.2) is 9.78 Å². The molecule has 8 nitrogen and oxygen atoms in total. The third-order valence-corrected chi connectivity index (χ3v) is 6.46. The van der Waals surface area contributed by atoms with Crippen LogP contribution < -0.4 is 5.32 Å². The molecule has 2 aromatic heterocycles. The van der Waals surface area contributed by atoms with Gasteiger partial charge in [-0.05, 0) is 57.2 Å². The molecule has 1 aliphatic carbocycles. The van der Waals surface area contributed by atoms with Crippen molar-refractivity contribution in [2.75, 3.05) is 13.6 Å². The van der Waals surface area contributed by atoms with Crippen molar-refractivity contribution in [2.45, 2.75) is 64.1 Å². The number of aryl methyl sites for hydroxylation is 2. The minimum Gasteiger partial charge on any atom is -0.449 e. The molecule has 164 valence electrons. The van der Waals surface area contributed by atoms with Gasteiger partial charge >= 0.3 is 6.09 Å². The average molecular weight is 428 g/mol. The van der Waals surface area contributed by atoms with Crippen molar-refractivity contribution in [3.8, 4) is 11.1 Å². The van der Waals surface area contributed by atoms with E-state index in [2.05, 4.69) is 21.1 Å². The molecule has 1 N–H and O–H groups in total. The Morgan fingerprint density at radius 2 is 2.06 bits per heavy atom. The van der Waals surface area contributed by atoms with Gasteiger partial charge in [-0.1, -0.05) is 11.2 Å². The number of alkyl carbamates (subject to hydrolysis) is 1. The summed E-state index contributed by atoms with van der Waals surface area (Å²) in [6.07, 6.45) is 2.74. The van der Waals surface area contributed by atoms with Crippen LogP contribution in [0, 0.1) is 13.8 Å².